The molecular weight excluding hydrogens is 428 g/mol. The predicted molar refractivity (Wildman–Crippen MR) is 115 cm³/mol. The number of fused-ring (bicyclic) bond motifs is 2. The molecule has 9 heteroatoms. The molecule has 0 unspecified atom stereocenters. The Hall–Kier alpha value is -2.45. The van der Waals surface area contributed by atoms with E-state index in [4.69, 9.17) is 11.6 Å². The highest BCUT2D eigenvalue weighted by molar-refractivity contribution is 6.38. The molecule has 5 rings (SSSR count). The van der Waals surface area contributed by atoms with Crippen molar-refractivity contribution in [1.29, 1.82) is 0 Å². The molecule has 2 aromatic rings. The third kappa shape index (κ3) is 3.15. The van der Waals surface area contributed by atoms with Gasteiger partial charge in [-0.1, -0.05) is 17.7 Å². The highest BCUT2D eigenvalue weighted by Gasteiger charge is 2.42. The first-order valence-electron chi connectivity index (χ1n) is 10.4. The van der Waals surface area contributed by atoms with E-state index in [1.807, 2.05) is 11.9 Å². The van der Waals surface area contributed by atoms with Crippen LogP contribution in [0.15, 0.2) is 28.7 Å². The van der Waals surface area contributed by atoms with Gasteiger partial charge >= 0.3 is 5.97 Å². The Morgan fingerprint density at radius 2 is 2.13 bits per heavy atom. The third-order valence-electron chi connectivity index (χ3n) is 6.78. The highest BCUT2D eigenvalue weighted by Crippen LogP contribution is 2.45. The zero-order valence-electron chi connectivity index (χ0n) is 16.9. The first-order chi connectivity index (χ1) is 14.8. The van der Waals surface area contributed by atoms with Gasteiger partial charge in [0, 0.05) is 37.7 Å². The Balaban J connectivity index is 1.68. The largest absolute Gasteiger partial charge is 0.477 e. The van der Waals surface area contributed by atoms with Crippen LogP contribution in [0.5, 0.6) is 0 Å². The van der Waals surface area contributed by atoms with Crippen LogP contribution in [-0.4, -0.2) is 48.0 Å². The van der Waals surface area contributed by atoms with Crippen LogP contribution < -0.4 is 15.6 Å². The molecule has 1 aliphatic heterocycles. The van der Waals surface area contributed by atoms with Crippen LogP contribution in [0.2, 0.25) is 5.02 Å². The summed E-state index contributed by atoms with van der Waals surface area (Å²) in [6.45, 7) is 1.10. The highest BCUT2D eigenvalue weighted by atomic mass is 35.5. The van der Waals surface area contributed by atoms with Crippen molar-refractivity contribution in [2.45, 2.75) is 37.5 Å². The normalized spacial score (nSPS) is 27.4. The topological polar surface area (TPSA) is 74.6 Å². The molecule has 6 nitrogen and oxygen atoms in total. The number of nitrogens with zero attached hydrogens (tertiary/aromatic N) is 2. The smallest absolute Gasteiger partial charge is 0.341 e. The summed E-state index contributed by atoms with van der Waals surface area (Å²) in [5.74, 6) is -1.89. The van der Waals surface area contributed by atoms with E-state index in [2.05, 4.69) is 11.4 Å². The van der Waals surface area contributed by atoms with E-state index >= 15 is 4.39 Å². The van der Waals surface area contributed by atoms with E-state index < -0.39 is 35.0 Å². The van der Waals surface area contributed by atoms with Gasteiger partial charge in [0.2, 0.25) is 5.43 Å². The van der Waals surface area contributed by atoms with Crippen LogP contribution in [0.25, 0.3) is 10.9 Å². The van der Waals surface area contributed by atoms with Gasteiger partial charge in [-0.05, 0) is 31.5 Å². The number of aromatic nitrogens is 1. The Labute approximate surface area is 182 Å². The minimum Gasteiger partial charge on any atom is -0.477 e. The molecule has 2 N–H and O–H groups in total. The van der Waals surface area contributed by atoms with Gasteiger partial charge in [-0.25, -0.2) is 13.6 Å². The minimum atomic E-state index is -1.44. The quantitative estimate of drug-likeness (QED) is 0.699. The average molecular weight is 450 g/mol. The molecule has 1 aromatic heterocycles. The molecule has 2 aliphatic carbocycles. The maximum atomic E-state index is 15.3. The lowest BCUT2D eigenvalue weighted by atomic mass is 9.86. The number of aromatic carboxylic acids is 1. The van der Waals surface area contributed by atoms with Gasteiger partial charge in [0.15, 0.2) is 0 Å². The van der Waals surface area contributed by atoms with Gasteiger partial charge < -0.3 is 19.9 Å². The zero-order valence-corrected chi connectivity index (χ0v) is 17.6. The number of rotatable bonds is 4. The minimum absolute atomic E-state index is 0.0170. The summed E-state index contributed by atoms with van der Waals surface area (Å²) in [6, 6.07) is 0.723. The number of halogens is 3. The molecule has 0 spiro atoms. The van der Waals surface area contributed by atoms with Gasteiger partial charge in [0.1, 0.15) is 17.6 Å². The maximum absolute atomic E-state index is 15.3. The number of anilines is 1. The first-order valence-corrected chi connectivity index (χ1v) is 10.7. The summed E-state index contributed by atoms with van der Waals surface area (Å²) in [7, 11) is 1.92. The molecule has 2 heterocycles. The van der Waals surface area contributed by atoms with Gasteiger partial charge in [0.05, 0.1) is 27.7 Å². The number of benzene rings is 1. The first kappa shape index (κ1) is 20.5. The molecular formula is C22H22ClF2N3O3. The summed E-state index contributed by atoms with van der Waals surface area (Å²) < 4.78 is 30.6. The van der Waals surface area contributed by atoms with E-state index in [0.717, 1.165) is 25.1 Å². The number of hydrogen-bond donors (Lipinski definition) is 2. The number of nitrogens with one attached hydrogen (secondary N) is 1. The molecule has 1 saturated heterocycles. The van der Waals surface area contributed by atoms with Crippen molar-refractivity contribution in [3.63, 3.8) is 0 Å². The van der Waals surface area contributed by atoms with Crippen LogP contribution in [0, 0.1) is 11.7 Å². The van der Waals surface area contributed by atoms with Crippen LogP contribution in [0.1, 0.15) is 35.7 Å². The van der Waals surface area contributed by atoms with E-state index in [-0.39, 0.29) is 34.0 Å². The van der Waals surface area contributed by atoms with E-state index in [1.165, 1.54) is 10.1 Å². The second kappa shape index (κ2) is 7.31. The summed E-state index contributed by atoms with van der Waals surface area (Å²) >= 11 is 6.68. The second-order valence-electron chi connectivity index (χ2n) is 8.56. The third-order valence-corrected chi connectivity index (χ3v) is 7.13. The Morgan fingerprint density at radius 1 is 1.39 bits per heavy atom. The lowest BCUT2D eigenvalue weighted by Gasteiger charge is -2.27. The van der Waals surface area contributed by atoms with Gasteiger partial charge in [-0.2, -0.15) is 0 Å². The molecule has 0 amide bonds. The molecule has 0 radical (unpaired) electrons. The molecule has 2 fully saturated rings. The Kier molecular flexibility index (Phi) is 4.82. The molecule has 1 aromatic carbocycles. The Bertz CT molecular complexity index is 1190. The fourth-order valence-corrected chi connectivity index (χ4v) is 5.51. The zero-order chi connectivity index (χ0) is 22.0. The number of allylic oxidation sites excluding steroid dienone is 1. The number of carboxylic acid groups (broad SMARTS) is 1. The van der Waals surface area contributed by atoms with E-state index in [0.29, 0.717) is 19.1 Å². The van der Waals surface area contributed by atoms with Crippen LogP contribution >= 0.6 is 11.6 Å². The molecule has 4 atom stereocenters. The SMILES string of the molecule is CN[C@H]1CCC=C2CN(c3c(F)cc4c(=O)c(C(=O)O)cn([C@@H]5C[C@@H]5F)c4c3Cl)C[C@H]21. The van der Waals surface area contributed by atoms with Crippen molar-refractivity contribution in [3.05, 3.63) is 50.5 Å². The number of alkyl halides is 1. The molecule has 3 aliphatic rings. The van der Waals surface area contributed by atoms with Crippen molar-refractivity contribution < 1.29 is 18.7 Å². The number of hydrogen-bond acceptors (Lipinski definition) is 4. The summed E-state index contributed by atoms with van der Waals surface area (Å²) in [5, 5.41) is 12.6. The van der Waals surface area contributed by atoms with Gasteiger partial charge in [-0.3, -0.25) is 4.79 Å². The van der Waals surface area contributed by atoms with E-state index in [1.54, 1.807) is 0 Å². The summed E-state index contributed by atoms with van der Waals surface area (Å²) in [5.41, 5.74) is 0.240. The Morgan fingerprint density at radius 3 is 2.77 bits per heavy atom. The summed E-state index contributed by atoms with van der Waals surface area (Å²) in [4.78, 5) is 26.1. The molecule has 1 saturated carbocycles. The molecule has 0 bridgehead atoms. The van der Waals surface area contributed by atoms with Gasteiger partial charge in [0.25, 0.3) is 0 Å². The van der Waals surface area contributed by atoms with Gasteiger partial charge in [-0.15, -0.1) is 0 Å². The number of carboxylic acids is 1. The maximum Gasteiger partial charge on any atom is 0.341 e. The van der Waals surface area contributed by atoms with Crippen molar-refractivity contribution >= 4 is 34.2 Å². The fourth-order valence-electron chi connectivity index (χ4n) is 5.10. The fraction of sp³-hybridized carbons (Fsp3) is 0.455. The van der Waals surface area contributed by atoms with Crippen molar-refractivity contribution in [1.82, 2.24) is 9.88 Å². The summed E-state index contributed by atoms with van der Waals surface area (Å²) in [6.07, 6.45) is 4.32. The molecule has 31 heavy (non-hydrogen) atoms. The monoisotopic (exact) mass is 449 g/mol. The van der Waals surface area contributed by atoms with Crippen LogP contribution in [0.3, 0.4) is 0 Å². The van der Waals surface area contributed by atoms with Crippen LogP contribution in [0.4, 0.5) is 14.5 Å². The van der Waals surface area contributed by atoms with Crippen molar-refractivity contribution in [2.75, 3.05) is 25.0 Å². The van der Waals surface area contributed by atoms with Crippen molar-refractivity contribution in [2.24, 2.45) is 5.92 Å². The van der Waals surface area contributed by atoms with Crippen molar-refractivity contribution in [3.8, 4) is 0 Å². The standard InChI is InChI=1S/C22H22ClF2N3O3/c1-26-16-4-2-3-10-7-27(8-12(10)16)20-15(25)5-11-19(18(20)23)28(17-6-14(17)24)9-13(21(11)29)22(30)31/h3,5,9,12,14,16-17,26H,2,4,6-8H2,1H3,(H,30,31)/t12-,14+,16+,17-/m1/s1. The number of carbonyl (C=O) groups is 1. The lowest BCUT2D eigenvalue weighted by molar-refractivity contribution is 0.0694. The van der Waals surface area contributed by atoms with E-state index in [9.17, 15) is 19.1 Å². The second-order valence-corrected chi connectivity index (χ2v) is 8.94. The molecule has 164 valence electrons. The average Bonchev–Trinajstić information content (AvgIpc) is 3.29. The lowest BCUT2D eigenvalue weighted by Crippen LogP contribution is -2.37. The number of pyridine rings is 1. The predicted octanol–water partition coefficient (Wildman–Crippen LogP) is 3.52. The van der Waals surface area contributed by atoms with Crippen LogP contribution in [-0.2, 0) is 0 Å².